The van der Waals surface area contributed by atoms with Gasteiger partial charge < -0.3 is 9.94 Å². The number of Topliss-reactive ketones (excluding diaryl/α,β-unsaturated/α-hetero) is 1. The van der Waals surface area contributed by atoms with Crippen LogP contribution >= 0.6 is 11.6 Å². The number of carbonyl (C=O) groups excluding carboxylic acids is 1. The van der Waals surface area contributed by atoms with Gasteiger partial charge in [0.25, 0.3) is 0 Å². The number of hydrogen-bond donors (Lipinski definition) is 2. The molecule has 2 rings (SSSR count). The highest BCUT2D eigenvalue weighted by Gasteiger charge is 2.52. The molecule has 1 aliphatic carbocycles. The van der Waals surface area contributed by atoms with Crippen LogP contribution in [0, 0.1) is 5.92 Å². The molecule has 2 unspecified atom stereocenters. The molecule has 0 bridgehead atoms. The minimum Gasteiger partial charge on any atom is -0.480 e. The van der Waals surface area contributed by atoms with E-state index >= 15 is 0 Å². The lowest BCUT2D eigenvalue weighted by atomic mass is 9.85. The molecule has 2 N–H and O–H groups in total. The molecule has 1 aliphatic rings. The number of hydroxylamine groups is 1. The zero-order chi connectivity index (χ0) is 14.8. The van der Waals surface area contributed by atoms with Gasteiger partial charge >= 0.3 is 5.97 Å². The summed E-state index contributed by atoms with van der Waals surface area (Å²) in [4.78, 5) is 28.6. The van der Waals surface area contributed by atoms with Gasteiger partial charge in [0.15, 0.2) is 5.54 Å². The monoisotopic (exact) mass is 297 g/mol. The summed E-state index contributed by atoms with van der Waals surface area (Å²) < 4.78 is 0. The van der Waals surface area contributed by atoms with Crippen molar-refractivity contribution in [2.24, 2.45) is 5.92 Å². The van der Waals surface area contributed by atoms with Gasteiger partial charge in [-0.3, -0.25) is 9.59 Å². The van der Waals surface area contributed by atoms with Crippen molar-refractivity contribution in [1.29, 1.82) is 0 Å². The van der Waals surface area contributed by atoms with Crippen molar-refractivity contribution in [2.45, 2.75) is 31.7 Å². The number of carbonyl (C=O) groups is 2. The first-order valence-corrected chi connectivity index (χ1v) is 6.77. The maximum atomic E-state index is 11.6. The normalized spacial score (nSPS) is 25.4. The van der Waals surface area contributed by atoms with Crippen molar-refractivity contribution in [1.82, 2.24) is 5.48 Å². The highest BCUT2D eigenvalue weighted by atomic mass is 35.5. The molecule has 0 aliphatic heterocycles. The SMILES string of the molecule is CC(=O)C1CCCC1(NOc1ccc(Cl)cc1)C(=O)O. The lowest BCUT2D eigenvalue weighted by Crippen LogP contribution is -2.57. The van der Waals surface area contributed by atoms with E-state index in [-0.39, 0.29) is 5.78 Å². The summed E-state index contributed by atoms with van der Waals surface area (Å²) in [5.41, 5.74) is 1.24. The molecule has 0 aromatic heterocycles. The molecule has 0 spiro atoms. The van der Waals surface area contributed by atoms with Crippen LogP contribution in [0.3, 0.4) is 0 Å². The van der Waals surface area contributed by atoms with Crippen molar-refractivity contribution in [3.63, 3.8) is 0 Å². The van der Waals surface area contributed by atoms with Crippen molar-refractivity contribution < 1.29 is 19.5 Å². The number of carboxylic acid groups (broad SMARTS) is 1. The smallest absolute Gasteiger partial charge is 0.328 e. The van der Waals surface area contributed by atoms with Gasteiger partial charge in [-0.15, -0.1) is 5.48 Å². The number of nitrogens with one attached hydrogen (secondary N) is 1. The first-order chi connectivity index (χ1) is 9.45. The average molecular weight is 298 g/mol. The quantitative estimate of drug-likeness (QED) is 0.816. The topological polar surface area (TPSA) is 75.6 Å². The Labute approximate surface area is 121 Å². The summed E-state index contributed by atoms with van der Waals surface area (Å²) in [5, 5.41) is 10.1. The molecule has 0 amide bonds. The van der Waals surface area contributed by atoms with Gasteiger partial charge in [0.1, 0.15) is 11.5 Å². The maximum Gasteiger partial charge on any atom is 0.328 e. The van der Waals surface area contributed by atoms with Gasteiger partial charge in [0, 0.05) is 10.9 Å². The van der Waals surface area contributed by atoms with Crippen molar-refractivity contribution in [3.05, 3.63) is 29.3 Å². The van der Waals surface area contributed by atoms with E-state index in [0.717, 1.165) is 0 Å². The van der Waals surface area contributed by atoms with E-state index in [1.54, 1.807) is 24.3 Å². The Morgan fingerprint density at radius 2 is 2.05 bits per heavy atom. The van der Waals surface area contributed by atoms with E-state index in [4.69, 9.17) is 16.4 Å². The lowest BCUT2D eigenvalue weighted by Gasteiger charge is -2.30. The number of aliphatic carboxylic acids is 1. The summed E-state index contributed by atoms with van der Waals surface area (Å²) in [6, 6.07) is 6.54. The fourth-order valence-electron chi connectivity index (χ4n) is 2.63. The van der Waals surface area contributed by atoms with Crippen LogP contribution in [0.2, 0.25) is 5.02 Å². The Morgan fingerprint density at radius 3 is 2.60 bits per heavy atom. The van der Waals surface area contributed by atoms with Gasteiger partial charge in [-0.1, -0.05) is 18.0 Å². The van der Waals surface area contributed by atoms with Crippen LogP contribution in [0.5, 0.6) is 5.75 Å². The van der Waals surface area contributed by atoms with E-state index in [1.165, 1.54) is 6.92 Å². The first-order valence-electron chi connectivity index (χ1n) is 6.39. The predicted molar refractivity (Wildman–Crippen MR) is 73.6 cm³/mol. The van der Waals surface area contributed by atoms with E-state index in [2.05, 4.69) is 5.48 Å². The summed E-state index contributed by atoms with van der Waals surface area (Å²) in [6.07, 6.45) is 1.59. The molecule has 5 nitrogen and oxygen atoms in total. The number of benzene rings is 1. The molecule has 0 heterocycles. The highest BCUT2D eigenvalue weighted by Crippen LogP contribution is 2.37. The summed E-state index contributed by atoms with van der Waals surface area (Å²) in [6.45, 7) is 1.41. The molecule has 2 atom stereocenters. The number of ketones is 1. The van der Waals surface area contributed by atoms with E-state index < -0.39 is 17.4 Å². The molecule has 108 valence electrons. The number of halogens is 1. The molecule has 1 fully saturated rings. The van der Waals surface area contributed by atoms with Crippen molar-refractivity contribution >= 4 is 23.4 Å². The van der Waals surface area contributed by atoms with Gasteiger partial charge in [-0.05, 0) is 44.0 Å². The second kappa shape index (κ2) is 5.81. The first kappa shape index (κ1) is 14.8. The van der Waals surface area contributed by atoms with Crippen LogP contribution in [0.25, 0.3) is 0 Å². The summed E-state index contributed by atoms with van der Waals surface area (Å²) in [7, 11) is 0. The number of hydrogen-bond acceptors (Lipinski definition) is 4. The number of carboxylic acids is 1. The maximum absolute atomic E-state index is 11.6. The molecule has 6 heteroatoms. The zero-order valence-electron chi connectivity index (χ0n) is 11.1. The van der Waals surface area contributed by atoms with Crippen LogP contribution in [-0.2, 0) is 9.59 Å². The molecule has 0 saturated heterocycles. The van der Waals surface area contributed by atoms with Crippen LogP contribution in [0.1, 0.15) is 26.2 Å². The Hall–Kier alpha value is -1.59. The highest BCUT2D eigenvalue weighted by molar-refractivity contribution is 6.30. The third-order valence-corrected chi connectivity index (χ3v) is 3.95. The molecule has 0 radical (unpaired) electrons. The third-order valence-electron chi connectivity index (χ3n) is 3.70. The van der Waals surface area contributed by atoms with Crippen LogP contribution < -0.4 is 10.3 Å². The Balaban J connectivity index is 2.15. The lowest BCUT2D eigenvalue weighted by molar-refractivity contribution is -0.154. The molecular weight excluding hydrogens is 282 g/mol. The molecular formula is C14H16ClNO4. The van der Waals surface area contributed by atoms with Gasteiger partial charge in [-0.25, -0.2) is 0 Å². The largest absolute Gasteiger partial charge is 0.480 e. The minimum atomic E-state index is -1.36. The fraction of sp³-hybridized carbons (Fsp3) is 0.429. The third kappa shape index (κ3) is 2.78. The number of rotatable bonds is 5. The molecule has 1 aromatic carbocycles. The van der Waals surface area contributed by atoms with Gasteiger partial charge in [-0.2, -0.15) is 0 Å². The van der Waals surface area contributed by atoms with Crippen LogP contribution in [0.15, 0.2) is 24.3 Å². The van der Waals surface area contributed by atoms with Gasteiger partial charge in [0.05, 0.1) is 0 Å². The second-order valence-electron chi connectivity index (χ2n) is 4.99. The minimum absolute atomic E-state index is 0.142. The summed E-state index contributed by atoms with van der Waals surface area (Å²) in [5.74, 6) is -1.34. The molecule has 20 heavy (non-hydrogen) atoms. The second-order valence-corrected chi connectivity index (χ2v) is 5.43. The van der Waals surface area contributed by atoms with Crippen molar-refractivity contribution in [3.8, 4) is 5.75 Å². The predicted octanol–water partition coefficient (Wildman–Crippen LogP) is 2.44. The average Bonchev–Trinajstić information content (AvgIpc) is 2.83. The Kier molecular flexibility index (Phi) is 4.30. The molecule has 1 aromatic rings. The Bertz CT molecular complexity index is 516. The standard InChI is InChI=1S/C14H16ClNO4/c1-9(17)12-3-2-8-14(12,13(18)19)16-20-11-6-4-10(15)5-7-11/h4-7,12,16H,2-3,8H2,1H3,(H,18,19). The van der Waals surface area contributed by atoms with Crippen LogP contribution in [-0.4, -0.2) is 22.4 Å². The van der Waals surface area contributed by atoms with E-state index in [0.29, 0.717) is 30.0 Å². The van der Waals surface area contributed by atoms with Crippen molar-refractivity contribution in [2.75, 3.05) is 0 Å². The zero-order valence-corrected chi connectivity index (χ0v) is 11.8. The van der Waals surface area contributed by atoms with E-state index in [1.807, 2.05) is 0 Å². The van der Waals surface area contributed by atoms with E-state index in [9.17, 15) is 14.7 Å². The summed E-state index contributed by atoms with van der Waals surface area (Å²) >= 11 is 5.77. The van der Waals surface area contributed by atoms with Crippen LogP contribution in [0.4, 0.5) is 0 Å². The fourth-order valence-corrected chi connectivity index (χ4v) is 2.76. The Morgan fingerprint density at radius 1 is 1.40 bits per heavy atom. The molecule has 1 saturated carbocycles. The van der Waals surface area contributed by atoms with Gasteiger partial charge in [0.2, 0.25) is 0 Å².